The molecule has 2 aromatic heterocycles. The normalized spacial score (nSPS) is 11.8. The number of aromatic amines is 1. The fraction of sp³-hybridized carbons (Fsp3) is 0.375. The summed E-state index contributed by atoms with van der Waals surface area (Å²) in [6, 6.07) is -0.105. The van der Waals surface area contributed by atoms with Gasteiger partial charge in [0, 0.05) is 0 Å². The van der Waals surface area contributed by atoms with Crippen molar-refractivity contribution in [1.29, 1.82) is 0 Å². The number of halogens is 3. The Hall–Kier alpha value is -2.06. The number of H-pyrrole nitrogens is 1. The topological polar surface area (TPSA) is 72.9 Å². The van der Waals surface area contributed by atoms with Crippen LogP contribution in [0.4, 0.5) is 13.2 Å². The monoisotopic (exact) mass is 248 g/mol. The summed E-state index contributed by atoms with van der Waals surface area (Å²) in [7, 11) is 2.50. The molecular weight excluding hydrogens is 241 g/mol. The third-order valence-corrected chi connectivity index (χ3v) is 2.01. The predicted octanol–water partition coefficient (Wildman–Crippen LogP) is 1.39. The standard InChI is InChI=1S/C8H7F3N4O2/c1-16-6-3-4(8(9,10)11)14-15-5(3)12-7(13-6)17-2/h1-2H3,(H,12,13,14,15). The van der Waals surface area contributed by atoms with Crippen LogP contribution >= 0.6 is 0 Å². The summed E-state index contributed by atoms with van der Waals surface area (Å²) >= 11 is 0. The number of alkyl halides is 3. The van der Waals surface area contributed by atoms with E-state index in [1.165, 1.54) is 14.2 Å². The summed E-state index contributed by atoms with van der Waals surface area (Å²) in [5.74, 6) is -0.243. The first-order valence-electron chi connectivity index (χ1n) is 4.38. The molecule has 0 aromatic carbocycles. The first kappa shape index (κ1) is 11.4. The molecule has 2 heterocycles. The summed E-state index contributed by atoms with van der Waals surface area (Å²) in [5, 5.41) is 5.01. The van der Waals surface area contributed by atoms with Crippen molar-refractivity contribution in [2.45, 2.75) is 6.18 Å². The Bertz CT molecular complexity index is 551. The van der Waals surface area contributed by atoms with Gasteiger partial charge in [-0.05, 0) is 0 Å². The van der Waals surface area contributed by atoms with E-state index in [1.54, 1.807) is 0 Å². The highest BCUT2D eigenvalue weighted by Crippen LogP contribution is 2.36. The number of nitrogens with zero attached hydrogens (tertiary/aromatic N) is 3. The highest BCUT2D eigenvalue weighted by atomic mass is 19.4. The first-order chi connectivity index (χ1) is 7.97. The molecule has 0 unspecified atom stereocenters. The van der Waals surface area contributed by atoms with E-state index in [4.69, 9.17) is 9.47 Å². The van der Waals surface area contributed by atoms with Gasteiger partial charge in [0.2, 0.25) is 5.88 Å². The molecule has 0 atom stereocenters. The number of hydrogen-bond acceptors (Lipinski definition) is 5. The fourth-order valence-electron chi connectivity index (χ4n) is 1.32. The average molecular weight is 248 g/mol. The molecule has 0 bridgehead atoms. The highest BCUT2D eigenvalue weighted by Gasteiger charge is 2.38. The van der Waals surface area contributed by atoms with E-state index in [0.717, 1.165) is 0 Å². The predicted molar refractivity (Wildman–Crippen MR) is 49.8 cm³/mol. The van der Waals surface area contributed by atoms with Gasteiger partial charge < -0.3 is 9.47 Å². The second-order valence-corrected chi connectivity index (χ2v) is 3.01. The quantitative estimate of drug-likeness (QED) is 0.869. The zero-order chi connectivity index (χ0) is 12.6. The number of hydrogen-bond donors (Lipinski definition) is 1. The highest BCUT2D eigenvalue weighted by molar-refractivity contribution is 5.83. The third kappa shape index (κ3) is 1.83. The van der Waals surface area contributed by atoms with Gasteiger partial charge in [-0.15, -0.1) is 0 Å². The van der Waals surface area contributed by atoms with E-state index in [1.807, 2.05) is 0 Å². The smallest absolute Gasteiger partial charge is 0.436 e. The third-order valence-electron chi connectivity index (χ3n) is 2.01. The van der Waals surface area contributed by atoms with Crippen LogP contribution in [0.5, 0.6) is 11.9 Å². The molecule has 6 nitrogen and oxygen atoms in total. The van der Waals surface area contributed by atoms with E-state index in [9.17, 15) is 13.2 Å². The molecule has 17 heavy (non-hydrogen) atoms. The second kappa shape index (κ2) is 3.75. The largest absolute Gasteiger partial charge is 0.480 e. The zero-order valence-corrected chi connectivity index (χ0v) is 8.79. The van der Waals surface area contributed by atoms with Crippen LogP contribution in [-0.4, -0.2) is 34.4 Å². The molecule has 0 aliphatic heterocycles. The molecule has 92 valence electrons. The van der Waals surface area contributed by atoms with Gasteiger partial charge in [-0.1, -0.05) is 0 Å². The van der Waals surface area contributed by atoms with Gasteiger partial charge in [-0.2, -0.15) is 28.2 Å². The van der Waals surface area contributed by atoms with Gasteiger partial charge in [-0.3, -0.25) is 5.10 Å². The number of fused-ring (bicyclic) bond motifs is 1. The van der Waals surface area contributed by atoms with Crippen molar-refractivity contribution in [1.82, 2.24) is 20.2 Å². The summed E-state index contributed by atoms with van der Waals surface area (Å²) in [6.45, 7) is 0. The lowest BCUT2D eigenvalue weighted by molar-refractivity contribution is -0.140. The molecule has 9 heteroatoms. The SMILES string of the molecule is COc1nc(OC)c2c(C(F)(F)F)n[nH]c2n1. The van der Waals surface area contributed by atoms with Crippen LogP contribution < -0.4 is 9.47 Å². The molecule has 1 N–H and O–H groups in total. The zero-order valence-electron chi connectivity index (χ0n) is 8.79. The van der Waals surface area contributed by atoms with Crippen molar-refractivity contribution >= 4 is 11.0 Å². The lowest BCUT2D eigenvalue weighted by Gasteiger charge is -2.06. The maximum absolute atomic E-state index is 12.6. The van der Waals surface area contributed by atoms with Crippen LogP contribution in [0.2, 0.25) is 0 Å². The minimum Gasteiger partial charge on any atom is -0.480 e. The number of aromatic nitrogens is 4. The van der Waals surface area contributed by atoms with Crippen LogP contribution in [-0.2, 0) is 6.18 Å². The van der Waals surface area contributed by atoms with Crippen LogP contribution in [0.3, 0.4) is 0 Å². The van der Waals surface area contributed by atoms with Crippen molar-refractivity contribution in [3.63, 3.8) is 0 Å². The average Bonchev–Trinajstić information content (AvgIpc) is 2.70. The van der Waals surface area contributed by atoms with E-state index in [-0.39, 0.29) is 22.9 Å². The van der Waals surface area contributed by atoms with E-state index in [0.29, 0.717) is 0 Å². The van der Waals surface area contributed by atoms with Crippen LogP contribution in [0.15, 0.2) is 0 Å². The lowest BCUT2D eigenvalue weighted by atomic mass is 10.3. The minimum absolute atomic E-state index is 0.0963. The van der Waals surface area contributed by atoms with Crippen molar-refractivity contribution < 1.29 is 22.6 Å². The van der Waals surface area contributed by atoms with E-state index < -0.39 is 11.9 Å². The van der Waals surface area contributed by atoms with Crippen molar-refractivity contribution in [3.05, 3.63) is 5.69 Å². The second-order valence-electron chi connectivity index (χ2n) is 3.01. The Labute approximate surface area is 92.8 Å². The molecule has 0 saturated carbocycles. The Morgan fingerprint density at radius 3 is 2.35 bits per heavy atom. The number of ether oxygens (including phenoxy) is 2. The first-order valence-corrected chi connectivity index (χ1v) is 4.38. The van der Waals surface area contributed by atoms with Gasteiger partial charge in [-0.25, -0.2) is 0 Å². The minimum atomic E-state index is -4.61. The molecule has 0 fully saturated rings. The lowest BCUT2D eigenvalue weighted by Crippen LogP contribution is -2.07. The molecule has 0 saturated heterocycles. The van der Waals surface area contributed by atoms with Crippen LogP contribution in [0.25, 0.3) is 11.0 Å². The molecular formula is C8H7F3N4O2. The van der Waals surface area contributed by atoms with Gasteiger partial charge in [0.25, 0.3) is 0 Å². The Balaban J connectivity index is 2.75. The van der Waals surface area contributed by atoms with Gasteiger partial charge in [0.05, 0.1) is 14.2 Å². The van der Waals surface area contributed by atoms with Crippen LogP contribution in [0.1, 0.15) is 5.69 Å². The Kier molecular flexibility index (Phi) is 2.52. The fourth-order valence-corrected chi connectivity index (χ4v) is 1.32. The van der Waals surface area contributed by atoms with E-state index in [2.05, 4.69) is 20.2 Å². The maximum Gasteiger partial charge on any atom is 0.436 e. The molecule has 0 spiro atoms. The number of rotatable bonds is 2. The van der Waals surface area contributed by atoms with Crippen molar-refractivity contribution in [2.75, 3.05) is 14.2 Å². The summed E-state index contributed by atoms with van der Waals surface area (Å²) in [6.07, 6.45) is -4.61. The summed E-state index contributed by atoms with van der Waals surface area (Å²) in [5.41, 5.74) is -1.21. The number of nitrogens with one attached hydrogen (secondary N) is 1. The maximum atomic E-state index is 12.6. The van der Waals surface area contributed by atoms with Crippen LogP contribution in [0, 0.1) is 0 Å². The molecule has 0 amide bonds. The molecule has 0 aliphatic rings. The summed E-state index contributed by atoms with van der Waals surface area (Å²) < 4.78 is 47.4. The molecule has 0 radical (unpaired) electrons. The summed E-state index contributed by atoms with van der Waals surface area (Å²) in [4.78, 5) is 7.37. The van der Waals surface area contributed by atoms with Gasteiger partial charge >= 0.3 is 12.2 Å². The molecule has 2 aromatic rings. The van der Waals surface area contributed by atoms with Gasteiger partial charge in [0.1, 0.15) is 5.39 Å². The van der Waals surface area contributed by atoms with E-state index >= 15 is 0 Å². The molecule has 2 rings (SSSR count). The number of methoxy groups -OCH3 is 2. The van der Waals surface area contributed by atoms with Crippen molar-refractivity contribution in [2.24, 2.45) is 0 Å². The van der Waals surface area contributed by atoms with Gasteiger partial charge in [0.15, 0.2) is 11.3 Å². The Morgan fingerprint density at radius 1 is 1.12 bits per heavy atom. The Morgan fingerprint density at radius 2 is 1.82 bits per heavy atom. The molecule has 0 aliphatic carbocycles. The van der Waals surface area contributed by atoms with Crippen molar-refractivity contribution in [3.8, 4) is 11.9 Å².